The zero-order chi connectivity index (χ0) is 18.9. The highest BCUT2D eigenvalue weighted by molar-refractivity contribution is 6.18. The Balaban J connectivity index is 1.45. The fourth-order valence-corrected chi connectivity index (χ4v) is 3.21. The monoisotopic (exact) mass is 362 g/mol. The lowest BCUT2D eigenvalue weighted by Gasteiger charge is -2.27. The van der Waals surface area contributed by atoms with Gasteiger partial charge in [0.1, 0.15) is 13.2 Å². The van der Waals surface area contributed by atoms with Crippen LogP contribution in [0.3, 0.4) is 0 Å². The number of dihydropyridines is 1. The molecule has 1 N–H and O–H groups in total. The van der Waals surface area contributed by atoms with Gasteiger partial charge in [-0.1, -0.05) is 35.9 Å². The maximum absolute atomic E-state index is 12.6. The topological polar surface area (TPSA) is 59.9 Å². The van der Waals surface area contributed by atoms with Gasteiger partial charge in [-0.25, -0.2) is 0 Å². The number of anilines is 1. The van der Waals surface area contributed by atoms with Gasteiger partial charge >= 0.3 is 0 Å². The van der Waals surface area contributed by atoms with E-state index >= 15 is 0 Å². The molecule has 2 aromatic carbocycles. The minimum absolute atomic E-state index is 0.179. The standard InChI is InChI=1S/C22H22N2O3/c1-15-3-5-17(6-4-15)22(2)10-9-16(14-23-22)21(25)24-18-7-8-19-20(13-18)27-12-11-26-19/h3-9,13-14H,10-12H2,1-2H3,(H,24,25). The number of aliphatic imine (C=N–C) groups is 1. The first-order valence-electron chi connectivity index (χ1n) is 9.07. The van der Waals surface area contributed by atoms with Crippen molar-refractivity contribution in [1.29, 1.82) is 0 Å². The molecular formula is C22H22N2O3. The molecule has 1 unspecified atom stereocenters. The first-order valence-corrected chi connectivity index (χ1v) is 9.07. The first kappa shape index (κ1) is 17.3. The van der Waals surface area contributed by atoms with Crippen LogP contribution in [0.5, 0.6) is 11.5 Å². The molecular weight excluding hydrogens is 340 g/mol. The van der Waals surface area contributed by atoms with E-state index in [-0.39, 0.29) is 11.4 Å². The summed E-state index contributed by atoms with van der Waals surface area (Å²) in [4.78, 5) is 17.3. The summed E-state index contributed by atoms with van der Waals surface area (Å²) in [5.74, 6) is 1.17. The van der Waals surface area contributed by atoms with Crippen molar-refractivity contribution >= 4 is 17.8 Å². The Bertz CT molecular complexity index is 931. The molecule has 5 nitrogen and oxygen atoms in total. The Morgan fingerprint density at radius 3 is 2.52 bits per heavy atom. The van der Waals surface area contributed by atoms with Crippen LogP contribution in [-0.4, -0.2) is 25.3 Å². The van der Waals surface area contributed by atoms with Gasteiger partial charge in [-0.3, -0.25) is 9.79 Å². The van der Waals surface area contributed by atoms with Crippen LogP contribution in [0, 0.1) is 6.92 Å². The van der Waals surface area contributed by atoms with Crippen molar-refractivity contribution in [3.8, 4) is 11.5 Å². The second-order valence-corrected chi connectivity index (χ2v) is 7.07. The predicted molar refractivity (Wildman–Crippen MR) is 106 cm³/mol. The molecule has 2 aromatic rings. The number of rotatable bonds is 3. The number of carbonyl (C=O) groups excluding carboxylic acids is 1. The quantitative estimate of drug-likeness (QED) is 0.897. The van der Waals surface area contributed by atoms with Gasteiger partial charge in [0.05, 0.1) is 11.1 Å². The minimum atomic E-state index is -0.339. The number of fused-ring (bicyclic) bond motifs is 1. The molecule has 1 amide bonds. The summed E-state index contributed by atoms with van der Waals surface area (Å²) in [5, 5.41) is 2.90. The Labute approximate surface area is 158 Å². The van der Waals surface area contributed by atoms with Gasteiger partial charge in [-0.2, -0.15) is 0 Å². The molecule has 0 bridgehead atoms. The van der Waals surface area contributed by atoms with E-state index in [1.807, 2.05) is 18.2 Å². The van der Waals surface area contributed by atoms with Crippen LogP contribution in [-0.2, 0) is 10.3 Å². The molecule has 138 valence electrons. The number of amides is 1. The highest BCUT2D eigenvalue weighted by atomic mass is 16.6. The van der Waals surface area contributed by atoms with Crippen LogP contribution in [0.25, 0.3) is 0 Å². The largest absolute Gasteiger partial charge is 0.486 e. The summed E-state index contributed by atoms with van der Waals surface area (Å²) in [6.07, 6.45) is 4.29. The summed E-state index contributed by atoms with van der Waals surface area (Å²) in [7, 11) is 0. The molecule has 0 fully saturated rings. The molecule has 0 radical (unpaired) electrons. The van der Waals surface area contributed by atoms with Crippen LogP contribution < -0.4 is 14.8 Å². The average molecular weight is 362 g/mol. The van der Waals surface area contributed by atoms with Gasteiger partial charge < -0.3 is 14.8 Å². The number of benzene rings is 2. The molecule has 4 rings (SSSR count). The van der Waals surface area contributed by atoms with Crippen molar-refractivity contribution < 1.29 is 14.3 Å². The van der Waals surface area contributed by atoms with Crippen molar-refractivity contribution in [3.63, 3.8) is 0 Å². The van der Waals surface area contributed by atoms with E-state index < -0.39 is 0 Å². The van der Waals surface area contributed by atoms with E-state index in [1.54, 1.807) is 12.3 Å². The highest BCUT2D eigenvalue weighted by Gasteiger charge is 2.27. The Morgan fingerprint density at radius 2 is 1.81 bits per heavy atom. The third kappa shape index (κ3) is 3.58. The molecule has 0 aliphatic carbocycles. The summed E-state index contributed by atoms with van der Waals surface area (Å²) in [6, 6.07) is 13.8. The van der Waals surface area contributed by atoms with E-state index in [4.69, 9.17) is 9.47 Å². The molecule has 1 atom stereocenters. The van der Waals surface area contributed by atoms with E-state index in [9.17, 15) is 4.79 Å². The van der Waals surface area contributed by atoms with Gasteiger partial charge in [0.2, 0.25) is 0 Å². The third-order valence-corrected chi connectivity index (χ3v) is 4.94. The lowest BCUT2D eigenvalue weighted by atomic mass is 9.86. The molecule has 0 saturated carbocycles. The number of aryl methyl sites for hydroxylation is 1. The first-order chi connectivity index (χ1) is 13.0. The second kappa shape index (κ2) is 6.91. The number of nitrogens with one attached hydrogen (secondary N) is 1. The predicted octanol–water partition coefficient (Wildman–Crippen LogP) is 4.02. The van der Waals surface area contributed by atoms with Gasteiger partial charge in [0, 0.05) is 18.0 Å². The Kier molecular flexibility index (Phi) is 4.44. The van der Waals surface area contributed by atoms with E-state index in [0.29, 0.717) is 42.4 Å². The molecule has 0 saturated heterocycles. The molecule has 2 heterocycles. The van der Waals surface area contributed by atoms with Crippen LogP contribution in [0.2, 0.25) is 0 Å². The SMILES string of the molecule is Cc1ccc(C2(C)CC=C(C(=O)Nc3ccc4c(c3)OCCO4)C=N2)cc1. The maximum Gasteiger partial charge on any atom is 0.256 e. The molecule has 0 spiro atoms. The van der Waals surface area contributed by atoms with Gasteiger partial charge in [-0.15, -0.1) is 0 Å². The smallest absolute Gasteiger partial charge is 0.256 e. The molecule has 0 aromatic heterocycles. The van der Waals surface area contributed by atoms with Crippen LogP contribution in [0.1, 0.15) is 24.5 Å². The number of hydrogen-bond acceptors (Lipinski definition) is 4. The van der Waals surface area contributed by atoms with Crippen LogP contribution in [0.15, 0.2) is 59.1 Å². The van der Waals surface area contributed by atoms with Crippen LogP contribution in [0.4, 0.5) is 5.69 Å². The number of carbonyl (C=O) groups is 1. The van der Waals surface area contributed by atoms with E-state index in [0.717, 1.165) is 5.56 Å². The maximum atomic E-state index is 12.6. The number of ether oxygens (including phenoxy) is 2. The lowest BCUT2D eigenvalue weighted by molar-refractivity contribution is -0.112. The Morgan fingerprint density at radius 1 is 1.07 bits per heavy atom. The summed E-state index contributed by atoms with van der Waals surface area (Å²) < 4.78 is 11.1. The van der Waals surface area contributed by atoms with E-state index in [1.165, 1.54) is 5.56 Å². The van der Waals surface area contributed by atoms with Crippen molar-refractivity contribution in [2.75, 3.05) is 18.5 Å². The lowest BCUT2D eigenvalue weighted by Crippen LogP contribution is -2.25. The number of hydrogen-bond donors (Lipinski definition) is 1. The zero-order valence-electron chi connectivity index (χ0n) is 15.5. The third-order valence-electron chi connectivity index (χ3n) is 4.94. The van der Waals surface area contributed by atoms with Gasteiger partial charge in [-0.05, 0) is 38.0 Å². The summed E-state index contributed by atoms with van der Waals surface area (Å²) in [5.41, 5.74) is 3.26. The highest BCUT2D eigenvalue weighted by Crippen LogP contribution is 2.34. The van der Waals surface area contributed by atoms with Crippen LogP contribution >= 0.6 is 0 Å². The molecule has 2 aliphatic heterocycles. The normalized spacial score (nSPS) is 20.7. The van der Waals surface area contributed by atoms with Gasteiger partial charge in [0.25, 0.3) is 5.91 Å². The molecule has 5 heteroatoms. The van der Waals surface area contributed by atoms with Crippen molar-refractivity contribution in [3.05, 3.63) is 65.2 Å². The zero-order valence-corrected chi connectivity index (χ0v) is 15.5. The Hall–Kier alpha value is -3.08. The number of nitrogens with zero attached hydrogens (tertiary/aromatic N) is 1. The summed E-state index contributed by atoms with van der Waals surface area (Å²) in [6.45, 7) is 5.21. The molecule has 27 heavy (non-hydrogen) atoms. The van der Waals surface area contributed by atoms with Crippen molar-refractivity contribution in [2.45, 2.75) is 25.8 Å². The van der Waals surface area contributed by atoms with Gasteiger partial charge in [0.15, 0.2) is 11.5 Å². The molecule has 2 aliphatic rings. The minimum Gasteiger partial charge on any atom is -0.486 e. The fourth-order valence-electron chi connectivity index (χ4n) is 3.21. The second-order valence-electron chi connectivity index (χ2n) is 7.07. The van der Waals surface area contributed by atoms with Crippen molar-refractivity contribution in [2.24, 2.45) is 4.99 Å². The summed E-state index contributed by atoms with van der Waals surface area (Å²) >= 11 is 0. The fraction of sp³-hybridized carbons (Fsp3) is 0.273. The van der Waals surface area contributed by atoms with E-state index in [2.05, 4.69) is 48.4 Å². The van der Waals surface area contributed by atoms with Crippen molar-refractivity contribution in [1.82, 2.24) is 0 Å². The average Bonchev–Trinajstić information content (AvgIpc) is 2.69.